The molecule has 1 fully saturated rings. The van der Waals surface area contributed by atoms with E-state index in [0.29, 0.717) is 11.5 Å². The van der Waals surface area contributed by atoms with Crippen LogP contribution in [-0.4, -0.2) is 19.4 Å². The van der Waals surface area contributed by atoms with Crippen LogP contribution in [0.4, 0.5) is 13.2 Å². The van der Waals surface area contributed by atoms with Crippen LogP contribution in [0.5, 0.6) is 0 Å². The van der Waals surface area contributed by atoms with Gasteiger partial charge in [-0.3, -0.25) is 0 Å². The van der Waals surface area contributed by atoms with E-state index in [0.717, 1.165) is 12.0 Å². The quantitative estimate of drug-likeness (QED) is 0.795. The van der Waals surface area contributed by atoms with Crippen molar-refractivity contribution >= 4 is 0 Å². The summed E-state index contributed by atoms with van der Waals surface area (Å²) in [6, 6.07) is 6.79. The second-order valence-corrected chi connectivity index (χ2v) is 5.00. The maximum atomic E-state index is 13.1. The van der Waals surface area contributed by atoms with E-state index in [1.807, 2.05) is 0 Å². The summed E-state index contributed by atoms with van der Waals surface area (Å²) in [5.74, 6) is 0.374. The first kappa shape index (κ1) is 13.4. The van der Waals surface area contributed by atoms with Gasteiger partial charge in [-0.15, -0.1) is 0 Å². The molecule has 100 valence electrons. The number of alkyl halides is 3. The summed E-state index contributed by atoms with van der Waals surface area (Å²) in [4.78, 5) is 0. The fourth-order valence-corrected chi connectivity index (χ4v) is 2.17. The molecule has 0 N–H and O–H groups in total. The Bertz CT molecular complexity index is 404. The van der Waals surface area contributed by atoms with Gasteiger partial charge in [0.2, 0.25) is 0 Å². The predicted octanol–water partition coefficient (Wildman–Crippen LogP) is 4.03. The fraction of sp³-hybridized carbons (Fsp3) is 0.571. The van der Waals surface area contributed by atoms with E-state index in [2.05, 4.69) is 13.8 Å². The molecule has 2 rings (SSSR count). The summed E-state index contributed by atoms with van der Waals surface area (Å²) in [5, 5.41) is 0. The van der Waals surface area contributed by atoms with E-state index in [1.165, 1.54) is 0 Å². The maximum Gasteiger partial charge on any atom is 0.402 e. The van der Waals surface area contributed by atoms with Gasteiger partial charge in [0.25, 0.3) is 0 Å². The van der Waals surface area contributed by atoms with Crippen molar-refractivity contribution in [3.63, 3.8) is 0 Å². The lowest BCUT2D eigenvalue weighted by atomic mass is 9.77. The molecule has 0 radical (unpaired) electrons. The minimum atomic E-state index is -4.25. The van der Waals surface area contributed by atoms with Crippen molar-refractivity contribution in [2.24, 2.45) is 0 Å². The molecule has 0 saturated carbocycles. The van der Waals surface area contributed by atoms with Crippen LogP contribution >= 0.6 is 0 Å². The van der Waals surface area contributed by atoms with Crippen LogP contribution in [-0.2, 0) is 10.2 Å². The Morgan fingerprint density at radius 1 is 1.22 bits per heavy atom. The first-order valence-electron chi connectivity index (χ1n) is 6.15. The average Bonchev–Trinajstić information content (AvgIpc) is 2.25. The summed E-state index contributed by atoms with van der Waals surface area (Å²) < 4.78 is 44.1. The van der Waals surface area contributed by atoms with E-state index >= 15 is 0 Å². The highest BCUT2D eigenvalue weighted by molar-refractivity contribution is 5.34. The summed E-state index contributed by atoms with van der Waals surface area (Å²) >= 11 is 0. The van der Waals surface area contributed by atoms with E-state index in [9.17, 15) is 13.2 Å². The van der Waals surface area contributed by atoms with E-state index in [4.69, 9.17) is 4.74 Å². The summed E-state index contributed by atoms with van der Waals surface area (Å²) in [5.41, 5.74) is -0.395. The van der Waals surface area contributed by atoms with Crippen LogP contribution in [0.2, 0.25) is 0 Å². The van der Waals surface area contributed by atoms with Gasteiger partial charge in [0.05, 0.1) is 13.2 Å². The third-order valence-corrected chi connectivity index (χ3v) is 3.88. The van der Waals surface area contributed by atoms with Crippen LogP contribution in [0.3, 0.4) is 0 Å². The van der Waals surface area contributed by atoms with Gasteiger partial charge in [0, 0.05) is 0 Å². The molecule has 1 heterocycles. The first-order valence-corrected chi connectivity index (χ1v) is 6.15. The second-order valence-electron chi connectivity index (χ2n) is 5.00. The molecule has 18 heavy (non-hydrogen) atoms. The molecule has 1 saturated heterocycles. The van der Waals surface area contributed by atoms with Gasteiger partial charge in [-0.2, -0.15) is 13.2 Å². The lowest BCUT2D eigenvalue weighted by molar-refractivity contribution is -0.262. The SMILES string of the molecule is CCC(C)c1ccc(C2(C(F)(F)F)COC2)cc1. The molecule has 1 aromatic carbocycles. The van der Waals surface area contributed by atoms with Crippen molar-refractivity contribution in [3.8, 4) is 0 Å². The molecule has 4 heteroatoms. The number of ether oxygens (including phenoxy) is 1. The lowest BCUT2D eigenvalue weighted by Gasteiger charge is -2.43. The fourth-order valence-electron chi connectivity index (χ4n) is 2.17. The zero-order chi connectivity index (χ0) is 13.4. The van der Waals surface area contributed by atoms with E-state index in [-0.39, 0.29) is 13.2 Å². The van der Waals surface area contributed by atoms with Crippen molar-refractivity contribution in [1.29, 1.82) is 0 Å². The lowest BCUT2D eigenvalue weighted by Crippen LogP contribution is -2.57. The molecule has 0 spiro atoms. The number of halogens is 3. The molecule has 1 nitrogen and oxygen atoms in total. The van der Waals surface area contributed by atoms with E-state index in [1.54, 1.807) is 24.3 Å². The Morgan fingerprint density at radius 3 is 2.11 bits per heavy atom. The zero-order valence-electron chi connectivity index (χ0n) is 10.6. The molecular weight excluding hydrogens is 241 g/mol. The van der Waals surface area contributed by atoms with Crippen LogP contribution in [0.15, 0.2) is 24.3 Å². The largest absolute Gasteiger partial charge is 0.402 e. The topological polar surface area (TPSA) is 9.23 Å². The van der Waals surface area contributed by atoms with Crippen LogP contribution in [0.1, 0.15) is 37.3 Å². The van der Waals surface area contributed by atoms with Crippen LogP contribution in [0, 0.1) is 0 Å². The number of hydrogen-bond acceptors (Lipinski definition) is 1. The molecule has 1 atom stereocenters. The highest BCUT2D eigenvalue weighted by atomic mass is 19.4. The van der Waals surface area contributed by atoms with Gasteiger partial charge in [-0.05, 0) is 23.5 Å². The smallest absolute Gasteiger partial charge is 0.379 e. The van der Waals surface area contributed by atoms with Crippen molar-refractivity contribution in [3.05, 3.63) is 35.4 Å². The van der Waals surface area contributed by atoms with Gasteiger partial charge in [0.15, 0.2) is 0 Å². The Kier molecular flexibility index (Phi) is 3.41. The van der Waals surface area contributed by atoms with Gasteiger partial charge >= 0.3 is 6.18 Å². The molecule has 0 aliphatic carbocycles. The van der Waals surface area contributed by atoms with Crippen molar-refractivity contribution in [2.75, 3.05) is 13.2 Å². The third-order valence-electron chi connectivity index (χ3n) is 3.88. The number of benzene rings is 1. The molecule has 1 aliphatic heterocycles. The van der Waals surface area contributed by atoms with Crippen LogP contribution < -0.4 is 0 Å². The van der Waals surface area contributed by atoms with Crippen molar-refractivity contribution < 1.29 is 17.9 Å². The Morgan fingerprint density at radius 2 is 1.78 bits per heavy atom. The van der Waals surface area contributed by atoms with Crippen LogP contribution in [0.25, 0.3) is 0 Å². The minimum Gasteiger partial charge on any atom is -0.379 e. The Hall–Kier alpha value is -1.03. The molecule has 1 aliphatic rings. The summed E-state index contributed by atoms with van der Waals surface area (Å²) in [7, 11) is 0. The van der Waals surface area contributed by atoms with Crippen molar-refractivity contribution in [2.45, 2.75) is 37.8 Å². The first-order chi connectivity index (χ1) is 8.40. The van der Waals surface area contributed by atoms with Crippen molar-refractivity contribution in [1.82, 2.24) is 0 Å². The number of rotatable bonds is 3. The molecule has 0 bridgehead atoms. The summed E-state index contributed by atoms with van der Waals surface area (Å²) in [6.45, 7) is 3.61. The number of hydrogen-bond donors (Lipinski definition) is 0. The third kappa shape index (κ3) is 2.03. The molecule has 0 aromatic heterocycles. The van der Waals surface area contributed by atoms with Gasteiger partial charge < -0.3 is 4.74 Å². The Labute approximate surface area is 105 Å². The molecule has 0 amide bonds. The molecule has 1 aromatic rings. The van der Waals surface area contributed by atoms with Gasteiger partial charge in [-0.25, -0.2) is 0 Å². The predicted molar refractivity (Wildman–Crippen MR) is 63.7 cm³/mol. The monoisotopic (exact) mass is 258 g/mol. The maximum absolute atomic E-state index is 13.1. The van der Waals surface area contributed by atoms with Gasteiger partial charge in [-0.1, -0.05) is 38.1 Å². The average molecular weight is 258 g/mol. The molecule has 1 unspecified atom stereocenters. The Balaban J connectivity index is 2.29. The highest BCUT2D eigenvalue weighted by Crippen LogP contribution is 2.46. The normalized spacial score (nSPS) is 20.3. The molecular formula is C14H17F3O. The second kappa shape index (κ2) is 4.57. The minimum absolute atomic E-state index is 0.265. The summed E-state index contributed by atoms with van der Waals surface area (Å²) in [6.07, 6.45) is -3.27. The highest BCUT2D eigenvalue weighted by Gasteiger charge is 2.60. The standard InChI is InChI=1S/C14H17F3O/c1-3-10(2)11-4-6-12(7-5-11)13(8-18-9-13)14(15,16)17/h4-7,10H,3,8-9H2,1-2H3. The zero-order valence-corrected chi connectivity index (χ0v) is 10.6. The van der Waals surface area contributed by atoms with E-state index < -0.39 is 11.6 Å². The van der Waals surface area contributed by atoms with Gasteiger partial charge in [0.1, 0.15) is 5.41 Å².